The van der Waals surface area contributed by atoms with E-state index in [2.05, 4.69) is 50.2 Å². The number of hydrogen-bond donors (Lipinski definition) is 1. The van der Waals surface area contributed by atoms with Crippen molar-refractivity contribution in [2.45, 2.75) is 25.9 Å². The first-order valence-corrected chi connectivity index (χ1v) is 10.4. The van der Waals surface area contributed by atoms with Gasteiger partial charge < -0.3 is 9.88 Å². The maximum Gasteiger partial charge on any atom is 0.234 e. The Morgan fingerprint density at radius 1 is 1.00 bits per heavy atom. The van der Waals surface area contributed by atoms with E-state index in [1.54, 1.807) is 0 Å². The summed E-state index contributed by atoms with van der Waals surface area (Å²) in [5, 5.41) is 3.03. The monoisotopic (exact) mass is 388 g/mol. The number of carbonyl (C=O) groups is 1. The van der Waals surface area contributed by atoms with Gasteiger partial charge in [-0.05, 0) is 37.4 Å². The van der Waals surface area contributed by atoms with Crippen molar-refractivity contribution in [2.24, 2.45) is 5.92 Å². The number of piperidine rings is 1. The van der Waals surface area contributed by atoms with Gasteiger partial charge in [0.05, 0.1) is 6.54 Å². The van der Waals surface area contributed by atoms with Crippen molar-refractivity contribution in [3.8, 4) is 11.4 Å². The molecule has 1 aliphatic heterocycles. The number of nitrogens with one attached hydrogen (secondary N) is 1. The van der Waals surface area contributed by atoms with Crippen molar-refractivity contribution >= 4 is 5.91 Å². The minimum atomic E-state index is 0.105. The largest absolute Gasteiger partial charge is 0.351 e. The van der Waals surface area contributed by atoms with E-state index in [1.807, 2.05) is 42.6 Å². The van der Waals surface area contributed by atoms with Crippen LogP contribution in [-0.4, -0.2) is 40.0 Å². The highest BCUT2D eigenvalue weighted by Gasteiger charge is 2.22. The van der Waals surface area contributed by atoms with E-state index in [0.717, 1.165) is 49.4 Å². The molecule has 0 unspecified atom stereocenters. The van der Waals surface area contributed by atoms with Crippen LogP contribution >= 0.6 is 0 Å². The molecule has 2 aromatic carbocycles. The molecule has 0 aliphatic carbocycles. The summed E-state index contributed by atoms with van der Waals surface area (Å²) in [4.78, 5) is 19.1. The van der Waals surface area contributed by atoms with Crippen molar-refractivity contribution < 1.29 is 4.79 Å². The minimum Gasteiger partial charge on any atom is -0.351 e. The standard InChI is InChI=1S/C24H28N4O/c29-23(26-17-20-7-3-1-4-8-20)19-27-14-11-21(12-15-27)18-28-16-13-25-24(28)22-9-5-2-6-10-22/h1-10,13,16,21H,11-12,14-15,17-19H2,(H,26,29). The van der Waals surface area contributed by atoms with E-state index in [4.69, 9.17) is 0 Å². The van der Waals surface area contributed by atoms with E-state index in [1.165, 1.54) is 0 Å². The number of amides is 1. The van der Waals surface area contributed by atoms with Crippen LogP contribution in [0.1, 0.15) is 18.4 Å². The third-order valence-electron chi connectivity index (χ3n) is 5.61. The molecule has 1 aliphatic rings. The van der Waals surface area contributed by atoms with Crippen LogP contribution in [0.4, 0.5) is 0 Å². The molecule has 2 heterocycles. The lowest BCUT2D eigenvalue weighted by molar-refractivity contribution is -0.122. The molecule has 5 heteroatoms. The maximum atomic E-state index is 12.3. The van der Waals surface area contributed by atoms with Gasteiger partial charge in [0, 0.05) is 31.0 Å². The molecule has 0 atom stereocenters. The van der Waals surface area contributed by atoms with Crippen LogP contribution in [0.25, 0.3) is 11.4 Å². The molecular weight excluding hydrogens is 360 g/mol. The highest BCUT2D eigenvalue weighted by molar-refractivity contribution is 5.78. The molecule has 29 heavy (non-hydrogen) atoms. The highest BCUT2D eigenvalue weighted by Crippen LogP contribution is 2.23. The molecule has 1 saturated heterocycles. The molecule has 3 aromatic rings. The van der Waals surface area contributed by atoms with Gasteiger partial charge in [-0.3, -0.25) is 9.69 Å². The number of hydrogen-bond acceptors (Lipinski definition) is 3. The van der Waals surface area contributed by atoms with Crippen LogP contribution in [0.3, 0.4) is 0 Å². The molecule has 1 N–H and O–H groups in total. The average molecular weight is 389 g/mol. The zero-order chi connectivity index (χ0) is 19.9. The van der Waals surface area contributed by atoms with Crippen LogP contribution in [-0.2, 0) is 17.9 Å². The van der Waals surface area contributed by atoms with E-state index >= 15 is 0 Å². The Morgan fingerprint density at radius 2 is 1.69 bits per heavy atom. The van der Waals surface area contributed by atoms with E-state index < -0.39 is 0 Å². The lowest BCUT2D eigenvalue weighted by Gasteiger charge is -2.31. The summed E-state index contributed by atoms with van der Waals surface area (Å²) in [6.45, 7) is 4.01. The molecule has 1 aromatic heterocycles. The first kappa shape index (κ1) is 19.4. The molecule has 4 rings (SSSR count). The smallest absolute Gasteiger partial charge is 0.234 e. The molecule has 0 spiro atoms. The number of benzene rings is 2. The topological polar surface area (TPSA) is 50.2 Å². The third-order valence-corrected chi connectivity index (χ3v) is 5.61. The van der Waals surface area contributed by atoms with Gasteiger partial charge in [0.2, 0.25) is 5.91 Å². The van der Waals surface area contributed by atoms with Gasteiger partial charge in [-0.25, -0.2) is 4.98 Å². The fourth-order valence-corrected chi connectivity index (χ4v) is 3.96. The van der Waals surface area contributed by atoms with Gasteiger partial charge in [-0.1, -0.05) is 60.7 Å². The fraction of sp³-hybridized carbons (Fsp3) is 0.333. The van der Waals surface area contributed by atoms with Gasteiger partial charge in [0.25, 0.3) is 0 Å². The number of nitrogens with zero attached hydrogens (tertiary/aromatic N) is 3. The van der Waals surface area contributed by atoms with Crippen molar-refractivity contribution in [3.63, 3.8) is 0 Å². The van der Waals surface area contributed by atoms with Crippen molar-refractivity contribution in [3.05, 3.63) is 78.6 Å². The number of carbonyl (C=O) groups excluding carboxylic acids is 1. The van der Waals surface area contributed by atoms with Gasteiger partial charge >= 0.3 is 0 Å². The second-order valence-electron chi connectivity index (χ2n) is 7.75. The Bertz CT molecular complexity index is 899. The van der Waals surface area contributed by atoms with Gasteiger partial charge in [0.15, 0.2) is 0 Å². The Balaban J connectivity index is 1.23. The normalized spacial score (nSPS) is 15.3. The van der Waals surface area contributed by atoms with Crippen molar-refractivity contribution in [1.29, 1.82) is 0 Å². The molecule has 1 fully saturated rings. The van der Waals surface area contributed by atoms with Crippen molar-refractivity contribution in [1.82, 2.24) is 19.8 Å². The lowest BCUT2D eigenvalue weighted by atomic mass is 9.96. The highest BCUT2D eigenvalue weighted by atomic mass is 16.2. The molecule has 0 saturated carbocycles. The van der Waals surface area contributed by atoms with E-state index in [9.17, 15) is 4.79 Å². The Kier molecular flexibility index (Phi) is 6.37. The summed E-state index contributed by atoms with van der Waals surface area (Å²) >= 11 is 0. The number of likely N-dealkylation sites (tertiary alicyclic amines) is 1. The third kappa shape index (κ3) is 5.33. The van der Waals surface area contributed by atoms with E-state index in [0.29, 0.717) is 19.0 Å². The second-order valence-corrected chi connectivity index (χ2v) is 7.75. The summed E-state index contributed by atoms with van der Waals surface area (Å²) in [5.41, 5.74) is 2.29. The number of rotatable bonds is 7. The van der Waals surface area contributed by atoms with Gasteiger partial charge in [-0.2, -0.15) is 0 Å². The Hall–Kier alpha value is -2.92. The van der Waals surface area contributed by atoms with Crippen LogP contribution < -0.4 is 5.32 Å². The molecule has 150 valence electrons. The fourth-order valence-electron chi connectivity index (χ4n) is 3.96. The molecule has 5 nitrogen and oxygen atoms in total. The first-order chi connectivity index (χ1) is 14.3. The molecule has 0 bridgehead atoms. The first-order valence-electron chi connectivity index (χ1n) is 10.4. The number of imidazole rings is 1. The second kappa shape index (κ2) is 9.52. The Labute approximate surface area is 172 Å². The molecule has 1 amide bonds. The lowest BCUT2D eigenvalue weighted by Crippen LogP contribution is -2.41. The SMILES string of the molecule is O=C(CN1CCC(Cn2ccnc2-c2ccccc2)CC1)NCc1ccccc1. The van der Waals surface area contributed by atoms with Crippen LogP contribution in [0.2, 0.25) is 0 Å². The zero-order valence-electron chi connectivity index (χ0n) is 16.7. The van der Waals surface area contributed by atoms with Crippen LogP contribution in [0.15, 0.2) is 73.1 Å². The summed E-state index contributed by atoms with van der Waals surface area (Å²) in [6.07, 6.45) is 6.18. The van der Waals surface area contributed by atoms with Crippen LogP contribution in [0, 0.1) is 5.92 Å². The summed E-state index contributed by atoms with van der Waals surface area (Å²) in [7, 11) is 0. The van der Waals surface area contributed by atoms with E-state index in [-0.39, 0.29) is 5.91 Å². The summed E-state index contributed by atoms with van der Waals surface area (Å²) < 4.78 is 2.27. The molecule has 0 radical (unpaired) electrons. The minimum absolute atomic E-state index is 0.105. The van der Waals surface area contributed by atoms with Gasteiger partial charge in [-0.15, -0.1) is 0 Å². The average Bonchev–Trinajstić information content (AvgIpc) is 3.23. The molecular formula is C24H28N4O. The van der Waals surface area contributed by atoms with Crippen molar-refractivity contribution in [2.75, 3.05) is 19.6 Å². The predicted molar refractivity (Wildman–Crippen MR) is 115 cm³/mol. The zero-order valence-corrected chi connectivity index (χ0v) is 16.7. The van der Waals surface area contributed by atoms with Gasteiger partial charge in [0.1, 0.15) is 5.82 Å². The number of aromatic nitrogens is 2. The maximum absolute atomic E-state index is 12.3. The quantitative estimate of drug-likeness (QED) is 0.673. The summed E-state index contributed by atoms with van der Waals surface area (Å²) in [6, 6.07) is 20.4. The van der Waals surface area contributed by atoms with Crippen LogP contribution in [0.5, 0.6) is 0 Å². The Morgan fingerprint density at radius 3 is 2.41 bits per heavy atom. The predicted octanol–water partition coefficient (Wildman–Crippen LogP) is 3.58. The summed E-state index contributed by atoms with van der Waals surface area (Å²) in [5.74, 6) is 1.76.